The molecule has 0 aromatic heterocycles. The smallest absolute Gasteiger partial charge is 0.0139 e. The maximum absolute atomic E-state index is 2.51. The summed E-state index contributed by atoms with van der Waals surface area (Å²) in [5, 5.41) is 0. The molecular weight excluding hydrogens is 218 g/mol. The number of hydrogen-bond donors (Lipinski definition) is 0. The number of nitrogens with zero attached hydrogens (tertiary/aromatic N) is 1. The maximum atomic E-state index is 2.51. The number of likely N-dealkylation sites (N-methyl/N-ethyl adjacent to an activating group) is 1. The highest BCUT2D eigenvalue weighted by Crippen LogP contribution is 2.24. The van der Waals surface area contributed by atoms with Crippen molar-refractivity contribution in [3.63, 3.8) is 0 Å². The quantitative estimate of drug-likeness (QED) is 0.766. The molecule has 1 unspecified atom stereocenters. The number of hydrogen-bond acceptors (Lipinski definition) is 1. The van der Waals surface area contributed by atoms with E-state index < -0.39 is 0 Å². The van der Waals surface area contributed by atoms with Crippen molar-refractivity contribution in [3.05, 3.63) is 35.4 Å². The standard InChI is InChI=1S/C14H21N.ClH/c1-11(2)15(3)14-9-8-12-6-4-5-7-13(12)10-14;/h4-7,11,14H,8-10H2,1-3H3;1H. The van der Waals surface area contributed by atoms with Gasteiger partial charge in [0.05, 0.1) is 0 Å². The first-order valence-corrected chi connectivity index (χ1v) is 5.97. The van der Waals surface area contributed by atoms with E-state index in [4.69, 9.17) is 0 Å². The van der Waals surface area contributed by atoms with Gasteiger partial charge in [0.1, 0.15) is 0 Å². The van der Waals surface area contributed by atoms with Gasteiger partial charge in [0, 0.05) is 12.1 Å². The monoisotopic (exact) mass is 239 g/mol. The first kappa shape index (κ1) is 13.5. The van der Waals surface area contributed by atoms with Crippen molar-refractivity contribution in [2.45, 2.75) is 45.2 Å². The third-order valence-electron chi connectivity index (χ3n) is 3.71. The SMILES string of the molecule is CC(C)N(C)C1CCc2ccccc2C1.Cl. The van der Waals surface area contributed by atoms with Crippen LogP contribution in [0, 0.1) is 0 Å². The summed E-state index contributed by atoms with van der Waals surface area (Å²) >= 11 is 0. The Kier molecular flexibility index (Phi) is 4.82. The number of fused-ring (bicyclic) bond motifs is 1. The zero-order valence-corrected chi connectivity index (χ0v) is 11.3. The maximum Gasteiger partial charge on any atom is 0.0139 e. The lowest BCUT2D eigenvalue weighted by atomic mass is 9.87. The summed E-state index contributed by atoms with van der Waals surface area (Å²) in [6.45, 7) is 4.56. The molecular formula is C14H22ClN. The second kappa shape index (κ2) is 5.70. The fourth-order valence-corrected chi connectivity index (χ4v) is 2.45. The molecule has 0 heterocycles. The van der Waals surface area contributed by atoms with Gasteiger partial charge in [-0.2, -0.15) is 0 Å². The van der Waals surface area contributed by atoms with Crippen LogP contribution in [-0.4, -0.2) is 24.0 Å². The third kappa shape index (κ3) is 2.78. The number of benzene rings is 1. The number of aryl methyl sites for hydroxylation is 1. The van der Waals surface area contributed by atoms with Gasteiger partial charge in [-0.3, -0.25) is 0 Å². The summed E-state index contributed by atoms with van der Waals surface area (Å²) in [7, 11) is 2.25. The van der Waals surface area contributed by atoms with Crippen molar-refractivity contribution in [1.82, 2.24) is 4.90 Å². The lowest BCUT2D eigenvalue weighted by Gasteiger charge is -2.35. The van der Waals surface area contributed by atoms with Gasteiger partial charge >= 0.3 is 0 Å². The van der Waals surface area contributed by atoms with Crippen LogP contribution >= 0.6 is 12.4 Å². The molecule has 0 aliphatic heterocycles. The van der Waals surface area contributed by atoms with E-state index in [-0.39, 0.29) is 12.4 Å². The average Bonchev–Trinajstić information content (AvgIpc) is 2.27. The summed E-state index contributed by atoms with van der Waals surface area (Å²) < 4.78 is 0. The van der Waals surface area contributed by atoms with Crippen LogP contribution in [0.15, 0.2) is 24.3 Å². The summed E-state index contributed by atoms with van der Waals surface area (Å²) in [4.78, 5) is 2.51. The molecule has 2 rings (SSSR count). The predicted molar refractivity (Wildman–Crippen MR) is 72.4 cm³/mol. The van der Waals surface area contributed by atoms with Gasteiger partial charge in [-0.25, -0.2) is 0 Å². The minimum absolute atomic E-state index is 0. The molecule has 0 saturated heterocycles. The van der Waals surface area contributed by atoms with Crippen LogP contribution in [0.5, 0.6) is 0 Å². The van der Waals surface area contributed by atoms with E-state index in [2.05, 4.69) is 50.1 Å². The van der Waals surface area contributed by atoms with E-state index in [1.807, 2.05) is 0 Å². The summed E-state index contributed by atoms with van der Waals surface area (Å²) in [5.74, 6) is 0. The summed E-state index contributed by atoms with van der Waals surface area (Å²) in [5.41, 5.74) is 3.12. The van der Waals surface area contributed by atoms with Gasteiger partial charge in [-0.05, 0) is 51.3 Å². The molecule has 1 aliphatic rings. The Hall–Kier alpha value is -0.530. The van der Waals surface area contributed by atoms with E-state index in [9.17, 15) is 0 Å². The lowest BCUT2D eigenvalue weighted by molar-refractivity contribution is 0.179. The van der Waals surface area contributed by atoms with Crippen LogP contribution in [-0.2, 0) is 12.8 Å². The van der Waals surface area contributed by atoms with Crippen LogP contribution in [0.3, 0.4) is 0 Å². The van der Waals surface area contributed by atoms with Crippen LogP contribution in [0.25, 0.3) is 0 Å². The van der Waals surface area contributed by atoms with E-state index in [0.29, 0.717) is 6.04 Å². The molecule has 1 nitrogen and oxygen atoms in total. The Labute approximate surface area is 105 Å². The number of halogens is 1. The largest absolute Gasteiger partial charge is 0.301 e. The van der Waals surface area contributed by atoms with Crippen molar-refractivity contribution in [2.75, 3.05) is 7.05 Å². The van der Waals surface area contributed by atoms with Crippen LogP contribution in [0.2, 0.25) is 0 Å². The Morgan fingerprint density at radius 3 is 2.44 bits per heavy atom. The molecule has 0 saturated carbocycles. The molecule has 2 heteroatoms. The van der Waals surface area contributed by atoms with Crippen molar-refractivity contribution in [1.29, 1.82) is 0 Å². The zero-order valence-electron chi connectivity index (χ0n) is 10.4. The van der Waals surface area contributed by atoms with Crippen molar-refractivity contribution >= 4 is 12.4 Å². The Morgan fingerprint density at radius 2 is 1.81 bits per heavy atom. The van der Waals surface area contributed by atoms with Crippen LogP contribution in [0.1, 0.15) is 31.4 Å². The highest BCUT2D eigenvalue weighted by Gasteiger charge is 2.22. The first-order valence-electron chi connectivity index (χ1n) is 5.97. The summed E-state index contributed by atoms with van der Waals surface area (Å²) in [6.07, 6.45) is 3.79. The molecule has 1 aliphatic carbocycles. The molecule has 0 spiro atoms. The third-order valence-corrected chi connectivity index (χ3v) is 3.71. The fourth-order valence-electron chi connectivity index (χ4n) is 2.45. The van der Waals surface area contributed by atoms with Gasteiger partial charge in [-0.1, -0.05) is 24.3 Å². The predicted octanol–water partition coefficient (Wildman–Crippen LogP) is 3.31. The minimum Gasteiger partial charge on any atom is -0.301 e. The van der Waals surface area contributed by atoms with Gasteiger partial charge in [0.25, 0.3) is 0 Å². The Bertz CT molecular complexity index is 335. The molecule has 90 valence electrons. The first-order chi connectivity index (χ1) is 7.18. The Morgan fingerprint density at radius 1 is 1.19 bits per heavy atom. The fraction of sp³-hybridized carbons (Fsp3) is 0.571. The molecule has 0 fully saturated rings. The molecule has 0 N–H and O–H groups in total. The van der Waals surface area contributed by atoms with Gasteiger partial charge in [0.15, 0.2) is 0 Å². The van der Waals surface area contributed by atoms with E-state index in [1.54, 1.807) is 11.1 Å². The highest BCUT2D eigenvalue weighted by molar-refractivity contribution is 5.85. The highest BCUT2D eigenvalue weighted by atomic mass is 35.5. The minimum atomic E-state index is 0. The van der Waals surface area contributed by atoms with E-state index in [1.165, 1.54) is 19.3 Å². The van der Waals surface area contributed by atoms with Gasteiger partial charge in [0.2, 0.25) is 0 Å². The van der Waals surface area contributed by atoms with Gasteiger partial charge in [-0.15, -0.1) is 12.4 Å². The second-order valence-corrected chi connectivity index (χ2v) is 4.92. The normalized spacial score (nSPS) is 19.4. The van der Waals surface area contributed by atoms with Gasteiger partial charge < -0.3 is 4.90 Å². The molecule has 0 amide bonds. The topological polar surface area (TPSA) is 3.24 Å². The van der Waals surface area contributed by atoms with E-state index >= 15 is 0 Å². The van der Waals surface area contributed by atoms with Crippen molar-refractivity contribution in [2.24, 2.45) is 0 Å². The molecule has 1 aromatic carbocycles. The van der Waals surface area contributed by atoms with Crippen LogP contribution < -0.4 is 0 Å². The van der Waals surface area contributed by atoms with Crippen molar-refractivity contribution < 1.29 is 0 Å². The van der Waals surface area contributed by atoms with Crippen molar-refractivity contribution in [3.8, 4) is 0 Å². The molecule has 16 heavy (non-hydrogen) atoms. The molecule has 0 bridgehead atoms. The average molecular weight is 240 g/mol. The molecule has 1 aromatic rings. The second-order valence-electron chi connectivity index (χ2n) is 4.92. The Balaban J connectivity index is 0.00000128. The zero-order chi connectivity index (χ0) is 10.8. The summed E-state index contributed by atoms with van der Waals surface area (Å²) in [6, 6.07) is 10.3. The lowest BCUT2D eigenvalue weighted by Crippen LogP contribution is -2.40. The van der Waals surface area contributed by atoms with E-state index in [0.717, 1.165) is 6.04 Å². The molecule has 0 radical (unpaired) electrons. The van der Waals surface area contributed by atoms with Crippen LogP contribution in [0.4, 0.5) is 0 Å². The molecule has 1 atom stereocenters. The number of rotatable bonds is 2.